The van der Waals surface area contributed by atoms with Crippen LogP contribution in [0.1, 0.15) is 27.2 Å². The number of hydrogen-bond donors (Lipinski definition) is 1. The second-order valence-electron chi connectivity index (χ2n) is 5.55. The lowest BCUT2D eigenvalue weighted by Crippen LogP contribution is -2.43. The van der Waals surface area contributed by atoms with Gasteiger partial charge in [-0.15, -0.1) is 0 Å². The van der Waals surface area contributed by atoms with Crippen LogP contribution < -0.4 is 5.32 Å². The highest BCUT2D eigenvalue weighted by Gasteiger charge is 2.29. The van der Waals surface area contributed by atoms with Crippen molar-refractivity contribution in [3.8, 4) is 0 Å². The minimum absolute atomic E-state index is 0.492. The molecule has 0 spiro atoms. The lowest BCUT2D eigenvalue weighted by molar-refractivity contribution is 0.0724. The molecule has 1 heterocycles. The number of rotatable bonds is 13. The van der Waals surface area contributed by atoms with Crippen molar-refractivity contribution in [1.82, 2.24) is 10.2 Å². The Morgan fingerprint density at radius 2 is 1.71 bits per heavy atom. The van der Waals surface area contributed by atoms with E-state index in [9.17, 15) is 0 Å². The molecule has 0 aromatic rings. The summed E-state index contributed by atoms with van der Waals surface area (Å²) in [6.45, 7) is 15.2. The molecule has 21 heavy (non-hydrogen) atoms. The van der Waals surface area contributed by atoms with Gasteiger partial charge in [0.1, 0.15) is 0 Å². The van der Waals surface area contributed by atoms with Crippen LogP contribution in [0.25, 0.3) is 0 Å². The zero-order valence-corrected chi connectivity index (χ0v) is 14.1. The van der Waals surface area contributed by atoms with E-state index < -0.39 is 0 Å². The first kappa shape index (κ1) is 18.8. The summed E-state index contributed by atoms with van der Waals surface area (Å²) >= 11 is 0. The molecule has 0 bridgehead atoms. The lowest BCUT2D eigenvalue weighted by Gasteiger charge is -2.28. The zero-order valence-electron chi connectivity index (χ0n) is 14.1. The fourth-order valence-electron chi connectivity index (χ4n) is 2.64. The SMILES string of the molecule is CCCNC1COCC1CN(CCOCC)CCOCC. The van der Waals surface area contributed by atoms with E-state index in [1.54, 1.807) is 0 Å². The summed E-state index contributed by atoms with van der Waals surface area (Å²) in [5, 5.41) is 3.61. The van der Waals surface area contributed by atoms with Gasteiger partial charge in [-0.05, 0) is 26.8 Å². The smallest absolute Gasteiger partial charge is 0.0623 e. The topological polar surface area (TPSA) is 43.0 Å². The Morgan fingerprint density at radius 1 is 1.05 bits per heavy atom. The van der Waals surface area contributed by atoms with Crippen LogP contribution in [-0.4, -0.2) is 76.8 Å². The predicted octanol–water partition coefficient (Wildman–Crippen LogP) is 1.38. The standard InChI is InChI=1S/C16H34N2O3/c1-4-7-17-16-14-21-13-15(16)12-18(8-10-19-5-2)9-11-20-6-3/h15-17H,4-14H2,1-3H3. The minimum Gasteiger partial charge on any atom is -0.380 e. The molecular weight excluding hydrogens is 268 g/mol. The largest absolute Gasteiger partial charge is 0.380 e. The highest BCUT2D eigenvalue weighted by molar-refractivity contribution is 4.83. The summed E-state index contributed by atoms with van der Waals surface area (Å²) < 4.78 is 16.7. The van der Waals surface area contributed by atoms with Crippen molar-refractivity contribution in [3.63, 3.8) is 0 Å². The first-order valence-corrected chi connectivity index (χ1v) is 8.50. The van der Waals surface area contributed by atoms with Crippen LogP contribution in [0, 0.1) is 5.92 Å². The molecule has 126 valence electrons. The van der Waals surface area contributed by atoms with Gasteiger partial charge in [-0.2, -0.15) is 0 Å². The predicted molar refractivity (Wildman–Crippen MR) is 85.8 cm³/mol. The van der Waals surface area contributed by atoms with Crippen LogP contribution >= 0.6 is 0 Å². The molecule has 0 aromatic heterocycles. The molecule has 5 heteroatoms. The Morgan fingerprint density at radius 3 is 2.29 bits per heavy atom. The molecule has 0 radical (unpaired) electrons. The maximum absolute atomic E-state index is 5.67. The Balaban J connectivity index is 2.36. The summed E-state index contributed by atoms with van der Waals surface area (Å²) in [6.07, 6.45) is 1.17. The van der Waals surface area contributed by atoms with Crippen LogP contribution in [0.2, 0.25) is 0 Å². The number of ether oxygens (including phenoxy) is 3. The van der Waals surface area contributed by atoms with E-state index in [0.717, 1.165) is 65.8 Å². The fraction of sp³-hybridized carbons (Fsp3) is 1.00. The summed E-state index contributed by atoms with van der Waals surface area (Å²) in [4.78, 5) is 2.45. The van der Waals surface area contributed by atoms with E-state index >= 15 is 0 Å². The first-order chi connectivity index (χ1) is 10.3. The van der Waals surface area contributed by atoms with E-state index in [-0.39, 0.29) is 0 Å². The van der Waals surface area contributed by atoms with Gasteiger partial charge in [-0.1, -0.05) is 6.92 Å². The van der Waals surface area contributed by atoms with Gasteiger partial charge in [-0.25, -0.2) is 0 Å². The quantitative estimate of drug-likeness (QED) is 0.521. The number of hydrogen-bond acceptors (Lipinski definition) is 5. The van der Waals surface area contributed by atoms with Gasteiger partial charge in [0, 0.05) is 44.8 Å². The third-order valence-corrected chi connectivity index (χ3v) is 3.86. The molecule has 2 atom stereocenters. The van der Waals surface area contributed by atoms with Gasteiger partial charge in [0.05, 0.1) is 26.4 Å². The summed E-state index contributed by atoms with van der Waals surface area (Å²) in [7, 11) is 0. The van der Waals surface area contributed by atoms with Crippen molar-refractivity contribution < 1.29 is 14.2 Å². The monoisotopic (exact) mass is 302 g/mol. The minimum atomic E-state index is 0.492. The van der Waals surface area contributed by atoms with Gasteiger partial charge < -0.3 is 19.5 Å². The van der Waals surface area contributed by atoms with Gasteiger partial charge in [0.15, 0.2) is 0 Å². The second-order valence-corrected chi connectivity index (χ2v) is 5.55. The molecule has 1 N–H and O–H groups in total. The van der Waals surface area contributed by atoms with Crippen molar-refractivity contribution >= 4 is 0 Å². The van der Waals surface area contributed by atoms with Crippen molar-refractivity contribution in [2.45, 2.75) is 33.2 Å². The average Bonchev–Trinajstić information content (AvgIpc) is 2.92. The van der Waals surface area contributed by atoms with E-state index in [2.05, 4.69) is 17.1 Å². The average molecular weight is 302 g/mol. The van der Waals surface area contributed by atoms with E-state index in [1.165, 1.54) is 6.42 Å². The lowest BCUT2D eigenvalue weighted by atomic mass is 10.0. The molecule has 0 amide bonds. The molecule has 0 aromatic carbocycles. The maximum Gasteiger partial charge on any atom is 0.0623 e. The Kier molecular flexibility index (Phi) is 11.1. The second kappa shape index (κ2) is 12.4. The Labute approximate surface area is 130 Å². The van der Waals surface area contributed by atoms with Crippen molar-refractivity contribution in [3.05, 3.63) is 0 Å². The number of nitrogens with zero attached hydrogens (tertiary/aromatic N) is 1. The molecule has 1 saturated heterocycles. The Bertz CT molecular complexity index is 232. The van der Waals surface area contributed by atoms with Crippen molar-refractivity contribution in [1.29, 1.82) is 0 Å². The van der Waals surface area contributed by atoms with Gasteiger partial charge in [0.25, 0.3) is 0 Å². The summed E-state index contributed by atoms with van der Waals surface area (Å²) in [6, 6.07) is 0.492. The molecule has 1 rings (SSSR count). The van der Waals surface area contributed by atoms with Crippen molar-refractivity contribution in [2.24, 2.45) is 5.92 Å². The van der Waals surface area contributed by atoms with Crippen LogP contribution in [0.15, 0.2) is 0 Å². The van der Waals surface area contributed by atoms with E-state index in [4.69, 9.17) is 14.2 Å². The molecular formula is C16H34N2O3. The normalized spacial score (nSPS) is 22.3. The zero-order chi connectivity index (χ0) is 15.3. The third kappa shape index (κ3) is 8.12. The fourth-order valence-corrected chi connectivity index (χ4v) is 2.64. The number of nitrogens with one attached hydrogen (secondary N) is 1. The van der Waals surface area contributed by atoms with E-state index in [1.807, 2.05) is 13.8 Å². The molecule has 5 nitrogen and oxygen atoms in total. The summed E-state index contributed by atoms with van der Waals surface area (Å²) in [5.41, 5.74) is 0. The van der Waals surface area contributed by atoms with Crippen LogP contribution in [0.4, 0.5) is 0 Å². The summed E-state index contributed by atoms with van der Waals surface area (Å²) in [5.74, 6) is 0.569. The molecule has 1 fully saturated rings. The molecule has 0 aliphatic carbocycles. The van der Waals surface area contributed by atoms with Crippen LogP contribution in [0.5, 0.6) is 0 Å². The van der Waals surface area contributed by atoms with Gasteiger partial charge in [-0.3, -0.25) is 4.90 Å². The van der Waals surface area contributed by atoms with E-state index in [0.29, 0.717) is 12.0 Å². The Hall–Kier alpha value is -0.200. The van der Waals surface area contributed by atoms with Crippen LogP contribution in [-0.2, 0) is 14.2 Å². The van der Waals surface area contributed by atoms with Crippen LogP contribution in [0.3, 0.4) is 0 Å². The maximum atomic E-state index is 5.67. The van der Waals surface area contributed by atoms with Gasteiger partial charge in [0.2, 0.25) is 0 Å². The van der Waals surface area contributed by atoms with Gasteiger partial charge >= 0.3 is 0 Å². The highest BCUT2D eigenvalue weighted by atomic mass is 16.5. The highest BCUT2D eigenvalue weighted by Crippen LogP contribution is 2.15. The molecule has 1 aliphatic rings. The molecule has 2 unspecified atom stereocenters. The third-order valence-electron chi connectivity index (χ3n) is 3.86. The first-order valence-electron chi connectivity index (χ1n) is 8.50. The molecule has 1 aliphatic heterocycles. The van der Waals surface area contributed by atoms with Crippen molar-refractivity contribution in [2.75, 3.05) is 65.8 Å². The molecule has 0 saturated carbocycles.